The van der Waals surface area contributed by atoms with Crippen molar-refractivity contribution in [3.8, 4) is 0 Å². The first-order chi connectivity index (χ1) is 7.97. The van der Waals surface area contributed by atoms with E-state index in [1.54, 1.807) is 0 Å². The first kappa shape index (κ1) is 15.5. The van der Waals surface area contributed by atoms with Crippen LogP contribution in [-0.2, 0) is 14.8 Å². The summed E-state index contributed by atoms with van der Waals surface area (Å²) in [7, 11) is -3.63. The van der Waals surface area contributed by atoms with Crippen LogP contribution in [0.3, 0.4) is 0 Å². The summed E-state index contributed by atoms with van der Waals surface area (Å²) in [6.45, 7) is 0.790. The fourth-order valence-electron chi connectivity index (χ4n) is 0.991. The molecular weight excluding hydrogens is 329 g/mol. The van der Waals surface area contributed by atoms with Gasteiger partial charge in [-0.3, -0.25) is 0 Å². The number of alkyl halides is 1. The molecule has 0 atom stereocenters. The standard InChI is InChI=1S/C8H10Cl3NO3S2/c9-1-3-15-4-2-12-17(13,14)6-5-7(10)16-8(6)11/h5,12H,1-4H2. The highest BCUT2D eigenvalue weighted by molar-refractivity contribution is 7.89. The summed E-state index contributed by atoms with van der Waals surface area (Å²) in [5.41, 5.74) is 0. The molecule has 4 nitrogen and oxygen atoms in total. The highest BCUT2D eigenvalue weighted by atomic mass is 35.5. The molecule has 1 N–H and O–H groups in total. The number of nitrogens with one attached hydrogen (secondary N) is 1. The van der Waals surface area contributed by atoms with E-state index in [1.165, 1.54) is 6.07 Å². The predicted octanol–water partition coefficient (Wildman–Crippen LogP) is 2.59. The van der Waals surface area contributed by atoms with Crippen molar-refractivity contribution >= 4 is 56.2 Å². The second-order valence-corrected chi connectivity index (χ2v) is 7.29. The zero-order valence-electron chi connectivity index (χ0n) is 8.58. The monoisotopic (exact) mass is 337 g/mol. The van der Waals surface area contributed by atoms with Crippen LogP contribution in [0.25, 0.3) is 0 Å². The van der Waals surface area contributed by atoms with Gasteiger partial charge in [-0.15, -0.1) is 22.9 Å². The number of ether oxygens (including phenoxy) is 1. The van der Waals surface area contributed by atoms with Gasteiger partial charge in [-0.25, -0.2) is 13.1 Å². The molecule has 98 valence electrons. The lowest BCUT2D eigenvalue weighted by Gasteiger charge is -2.05. The second kappa shape index (κ2) is 7.13. The van der Waals surface area contributed by atoms with E-state index in [-0.39, 0.29) is 22.4 Å². The number of rotatable bonds is 7. The third-order valence-electron chi connectivity index (χ3n) is 1.67. The van der Waals surface area contributed by atoms with E-state index in [4.69, 9.17) is 39.5 Å². The van der Waals surface area contributed by atoms with E-state index in [1.807, 2.05) is 0 Å². The summed E-state index contributed by atoms with van der Waals surface area (Å²) in [4.78, 5) is -0.00786. The summed E-state index contributed by atoms with van der Waals surface area (Å²) < 4.78 is 31.4. The number of sulfonamides is 1. The van der Waals surface area contributed by atoms with Crippen molar-refractivity contribution in [2.45, 2.75) is 4.90 Å². The average Bonchev–Trinajstić information content (AvgIpc) is 2.58. The number of thiophene rings is 1. The Morgan fingerprint density at radius 1 is 1.35 bits per heavy atom. The lowest BCUT2D eigenvalue weighted by molar-refractivity contribution is 0.155. The Hall–Kier alpha value is 0.440. The minimum atomic E-state index is -3.63. The molecule has 9 heteroatoms. The van der Waals surface area contributed by atoms with E-state index >= 15 is 0 Å². The molecule has 0 aliphatic rings. The van der Waals surface area contributed by atoms with E-state index in [2.05, 4.69) is 4.72 Å². The van der Waals surface area contributed by atoms with Crippen molar-refractivity contribution in [2.24, 2.45) is 0 Å². The van der Waals surface area contributed by atoms with Crippen LogP contribution in [-0.4, -0.2) is 34.1 Å². The Morgan fingerprint density at radius 3 is 2.59 bits per heavy atom. The van der Waals surface area contributed by atoms with Gasteiger partial charge in [-0.2, -0.15) is 0 Å². The molecule has 1 rings (SSSR count). The molecule has 0 spiro atoms. The van der Waals surface area contributed by atoms with Gasteiger partial charge in [0.2, 0.25) is 10.0 Å². The SMILES string of the molecule is O=S(=O)(NCCOCCCl)c1cc(Cl)sc1Cl. The zero-order chi connectivity index (χ0) is 12.9. The minimum Gasteiger partial charge on any atom is -0.379 e. The molecule has 17 heavy (non-hydrogen) atoms. The number of hydrogen-bond acceptors (Lipinski definition) is 4. The Bertz CT molecular complexity index is 461. The maximum atomic E-state index is 11.8. The van der Waals surface area contributed by atoms with Gasteiger partial charge in [0.05, 0.1) is 17.6 Å². The van der Waals surface area contributed by atoms with Gasteiger partial charge >= 0.3 is 0 Å². The van der Waals surface area contributed by atoms with E-state index in [0.717, 1.165) is 11.3 Å². The van der Waals surface area contributed by atoms with Crippen molar-refractivity contribution < 1.29 is 13.2 Å². The van der Waals surface area contributed by atoms with E-state index < -0.39 is 10.0 Å². The van der Waals surface area contributed by atoms with Gasteiger partial charge in [-0.1, -0.05) is 23.2 Å². The van der Waals surface area contributed by atoms with Gasteiger partial charge in [0, 0.05) is 12.4 Å². The lowest BCUT2D eigenvalue weighted by atomic mass is 10.7. The van der Waals surface area contributed by atoms with Crippen LogP contribution in [0.5, 0.6) is 0 Å². The molecule has 1 heterocycles. The van der Waals surface area contributed by atoms with Crippen LogP contribution >= 0.6 is 46.1 Å². The highest BCUT2D eigenvalue weighted by Gasteiger charge is 2.20. The topological polar surface area (TPSA) is 55.4 Å². The van der Waals surface area contributed by atoms with Crippen molar-refractivity contribution in [3.63, 3.8) is 0 Å². The van der Waals surface area contributed by atoms with Gasteiger partial charge in [-0.05, 0) is 6.07 Å². The minimum absolute atomic E-state index is 0.00786. The summed E-state index contributed by atoms with van der Waals surface area (Å²) in [5.74, 6) is 0.374. The normalized spacial score (nSPS) is 11.9. The maximum absolute atomic E-state index is 11.8. The van der Waals surface area contributed by atoms with E-state index in [0.29, 0.717) is 16.8 Å². The third-order valence-corrected chi connectivity index (χ3v) is 5.04. The van der Waals surface area contributed by atoms with E-state index in [9.17, 15) is 8.42 Å². The van der Waals surface area contributed by atoms with Crippen LogP contribution in [0.15, 0.2) is 11.0 Å². The lowest BCUT2D eigenvalue weighted by Crippen LogP contribution is -2.27. The van der Waals surface area contributed by atoms with Crippen LogP contribution < -0.4 is 4.72 Å². The first-order valence-electron chi connectivity index (χ1n) is 4.55. The third kappa shape index (κ3) is 4.90. The summed E-state index contributed by atoms with van der Waals surface area (Å²) >= 11 is 17.8. The van der Waals surface area contributed by atoms with Crippen LogP contribution in [0.2, 0.25) is 8.67 Å². The summed E-state index contributed by atoms with van der Waals surface area (Å²) in [5, 5.41) is 0. The Labute approximate surface area is 119 Å². The summed E-state index contributed by atoms with van der Waals surface area (Å²) in [6.07, 6.45) is 0. The molecule has 0 radical (unpaired) electrons. The van der Waals surface area contributed by atoms with Crippen LogP contribution in [0, 0.1) is 0 Å². The smallest absolute Gasteiger partial charge is 0.243 e. The average molecular weight is 339 g/mol. The largest absolute Gasteiger partial charge is 0.379 e. The Balaban J connectivity index is 2.54. The molecular formula is C8H10Cl3NO3S2. The van der Waals surface area contributed by atoms with Crippen molar-refractivity contribution in [1.82, 2.24) is 4.72 Å². The molecule has 0 fully saturated rings. The molecule has 1 aromatic rings. The summed E-state index contributed by atoms with van der Waals surface area (Å²) in [6, 6.07) is 1.32. The molecule has 0 saturated carbocycles. The Kier molecular flexibility index (Phi) is 6.50. The second-order valence-electron chi connectivity index (χ2n) is 2.89. The van der Waals surface area contributed by atoms with Gasteiger partial charge < -0.3 is 4.74 Å². The molecule has 0 bridgehead atoms. The quantitative estimate of drug-likeness (QED) is 0.614. The Morgan fingerprint density at radius 2 is 2.06 bits per heavy atom. The maximum Gasteiger partial charge on any atom is 0.243 e. The molecule has 0 saturated heterocycles. The predicted molar refractivity (Wildman–Crippen MR) is 71.1 cm³/mol. The van der Waals surface area contributed by atoms with Gasteiger partial charge in [0.1, 0.15) is 9.23 Å². The molecule has 0 unspecified atom stereocenters. The first-order valence-corrected chi connectivity index (χ1v) is 8.14. The van der Waals surface area contributed by atoms with Crippen LogP contribution in [0.4, 0.5) is 0 Å². The fourth-order valence-corrected chi connectivity index (χ4v) is 4.26. The van der Waals surface area contributed by atoms with Crippen molar-refractivity contribution in [3.05, 3.63) is 14.7 Å². The zero-order valence-corrected chi connectivity index (χ0v) is 12.5. The molecule has 0 aliphatic carbocycles. The number of halogens is 3. The highest BCUT2D eigenvalue weighted by Crippen LogP contribution is 2.33. The van der Waals surface area contributed by atoms with Crippen LogP contribution in [0.1, 0.15) is 0 Å². The van der Waals surface area contributed by atoms with Gasteiger partial charge in [0.25, 0.3) is 0 Å². The van der Waals surface area contributed by atoms with Crippen molar-refractivity contribution in [2.75, 3.05) is 25.6 Å². The van der Waals surface area contributed by atoms with Gasteiger partial charge in [0.15, 0.2) is 0 Å². The molecule has 0 aromatic carbocycles. The fraction of sp³-hybridized carbons (Fsp3) is 0.500. The molecule has 0 amide bonds. The van der Waals surface area contributed by atoms with Crippen molar-refractivity contribution in [1.29, 1.82) is 0 Å². The molecule has 1 aromatic heterocycles. The molecule has 0 aliphatic heterocycles. The number of hydrogen-bond donors (Lipinski definition) is 1.